The maximum Gasteiger partial charge on any atom is 0.410 e. The number of hydrogen-bond acceptors (Lipinski definition) is 3. The van der Waals surface area contributed by atoms with E-state index in [1.54, 1.807) is 4.90 Å². The second kappa shape index (κ2) is 4.11. The zero-order valence-electron chi connectivity index (χ0n) is 9.49. The average molecular weight is 210 g/mol. The summed E-state index contributed by atoms with van der Waals surface area (Å²) in [7, 11) is 0. The predicted molar refractivity (Wildman–Crippen MR) is 58.1 cm³/mol. The highest BCUT2D eigenvalue weighted by Gasteiger charge is 2.36. The summed E-state index contributed by atoms with van der Waals surface area (Å²) >= 11 is 0. The molecule has 0 radical (unpaired) electrons. The Morgan fingerprint density at radius 2 is 2.13 bits per heavy atom. The highest BCUT2D eigenvalue weighted by atomic mass is 16.6. The van der Waals surface area contributed by atoms with Gasteiger partial charge in [-0.1, -0.05) is 5.92 Å². The molecule has 0 aromatic heterocycles. The number of nitrogens with zero attached hydrogens (tertiary/aromatic N) is 1. The van der Waals surface area contributed by atoms with Gasteiger partial charge in [0.15, 0.2) is 0 Å². The number of amides is 1. The van der Waals surface area contributed by atoms with Crippen LogP contribution in [0.15, 0.2) is 0 Å². The first-order valence-corrected chi connectivity index (χ1v) is 5.03. The zero-order chi connectivity index (χ0) is 11.6. The van der Waals surface area contributed by atoms with Gasteiger partial charge in [0.05, 0.1) is 6.04 Å². The van der Waals surface area contributed by atoms with Gasteiger partial charge < -0.3 is 15.4 Å². The summed E-state index contributed by atoms with van der Waals surface area (Å²) in [4.78, 5) is 13.1. The van der Waals surface area contributed by atoms with Crippen LogP contribution in [-0.4, -0.2) is 35.7 Å². The lowest BCUT2D eigenvalue weighted by molar-refractivity contribution is -0.00212. The molecule has 1 atom stereocenters. The first-order chi connectivity index (χ1) is 6.83. The molecule has 15 heavy (non-hydrogen) atoms. The van der Waals surface area contributed by atoms with E-state index in [-0.39, 0.29) is 18.1 Å². The maximum atomic E-state index is 11.5. The largest absolute Gasteiger partial charge is 0.444 e. The number of rotatable bonds is 1. The van der Waals surface area contributed by atoms with Gasteiger partial charge in [0, 0.05) is 19.0 Å². The molecule has 1 unspecified atom stereocenters. The third-order valence-electron chi connectivity index (χ3n) is 2.26. The summed E-state index contributed by atoms with van der Waals surface area (Å²) in [6, 6.07) is -0.260. The Balaban J connectivity index is 2.34. The van der Waals surface area contributed by atoms with Crippen molar-refractivity contribution in [2.24, 2.45) is 11.7 Å². The number of ether oxygens (including phenoxy) is 1. The molecule has 4 nitrogen and oxygen atoms in total. The van der Waals surface area contributed by atoms with Crippen LogP contribution in [0.4, 0.5) is 4.79 Å². The van der Waals surface area contributed by atoms with Crippen LogP contribution in [0.25, 0.3) is 0 Å². The van der Waals surface area contributed by atoms with Gasteiger partial charge >= 0.3 is 6.09 Å². The molecular formula is C11H18N2O2. The third kappa shape index (κ3) is 3.14. The highest BCUT2D eigenvalue weighted by Crippen LogP contribution is 2.20. The van der Waals surface area contributed by atoms with Crippen molar-refractivity contribution in [3.8, 4) is 12.3 Å². The first-order valence-electron chi connectivity index (χ1n) is 5.03. The van der Waals surface area contributed by atoms with E-state index in [4.69, 9.17) is 16.9 Å². The van der Waals surface area contributed by atoms with Crippen molar-refractivity contribution in [3.63, 3.8) is 0 Å². The van der Waals surface area contributed by atoms with E-state index in [0.717, 1.165) is 0 Å². The van der Waals surface area contributed by atoms with E-state index >= 15 is 0 Å². The summed E-state index contributed by atoms with van der Waals surface area (Å²) in [6.45, 7) is 6.72. The van der Waals surface area contributed by atoms with Crippen LogP contribution < -0.4 is 5.73 Å². The molecule has 1 fully saturated rings. The predicted octanol–water partition coefficient (Wildman–Crippen LogP) is 0.814. The van der Waals surface area contributed by atoms with Gasteiger partial charge in [-0.2, -0.15) is 0 Å². The number of terminal acetylenes is 1. The van der Waals surface area contributed by atoms with Crippen LogP contribution in [0.1, 0.15) is 20.8 Å². The van der Waals surface area contributed by atoms with Gasteiger partial charge in [-0.05, 0) is 20.8 Å². The second-order valence-electron chi connectivity index (χ2n) is 4.84. The smallest absolute Gasteiger partial charge is 0.410 e. The van der Waals surface area contributed by atoms with Crippen molar-refractivity contribution in [3.05, 3.63) is 0 Å². The van der Waals surface area contributed by atoms with Crippen molar-refractivity contribution < 1.29 is 9.53 Å². The Morgan fingerprint density at radius 3 is 2.53 bits per heavy atom. The SMILES string of the molecule is C#CC(N)C1CN(C(=O)OC(C)(C)C)C1. The number of hydrogen-bond donors (Lipinski definition) is 1. The minimum absolute atomic E-state index is 0.211. The Hall–Kier alpha value is -1.21. The monoisotopic (exact) mass is 210 g/mol. The molecule has 0 saturated carbocycles. The number of nitrogens with two attached hydrogens (primary N) is 1. The fraction of sp³-hybridized carbons (Fsp3) is 0.727. The van der Waals surface area contributed by atoms with Gasteiger partial charge in [-0.3, -0.25) is 0 Å². The van der Waals surface area contributed by atoms with E-state index in [0.29, 0.717) is 13.1 Å². The van der Waals surface area contributed by atoms with Gasteiger partial charge in [-0.15, -0.1) is 6.42 Å². The Kier molecular flexibility index (Phi) is 3.25. The quantitative estimate of drug-likeness (QED) is 0.652. The van der Waals surface area contributed by atoms with Crippen molar-refractivity contribution >= 4 is 6.09 Å². The lowest BCUT2D eigenvalue weighted by Crippen LogP contribution is -2.57. The van der Waals surface area contributed by atoms with Crippen LogP contribution in [-0.2, 0) is 4.74 Å². The van der Waals surface area contributed by atoms with E-state index in [1.807, 2.05) is 20.8 Å². The lowest BCUT2D eigenvalue weighted by atomic mass is 9.93. The average Bonchev–Trinajstić information content (AvgIpc) is 1.97. The van der Waals surface area contributed by atoms with Crippen LogP contribution in [0.5, 0.6) is 0 Å². The van der Waals surface area contributed by atoms with Crippen molar-refractivity contribution in [2.75, 3.05) is 13.1 Å². The lowest BCUT2D eigenvalue weighted by Gasteiger charge is -2.41. The molecule has 1 amide bonds. The molecule has 1 heterocycles. The van der Waals surface area contributed by atoms with Gasteiger partial charge in [0.2, 0.25) is 0 Å². The number of carbonyl (C=O) groups excluding carboxylic acids is 1. The Bertz CT molecular complexity index is 282. The number of carbonyl (C=O) groups is 1. The number of likely N-dealkylation sites (tertiary alicyclic amines) is 1. The Morgan fingerprint density at radius 1 is 1.60 bits per heavy atom. The van der Waals surface area contributed by atoms with Gasteiger partial charge in [-0.25, -0.2) is 4.79 Å². The maximum absolute atomic E-state index is 11.5. The van der Waals surface area contributed by atoms with Crippen molar-refractivity contribution in [1.29, 1.82) is 0 Å². The van der Waals surface area contributed by atoms with E-state index in [9.17, 15) is 4.79 Å². The molecule has 1 rings (SSSR count). The molecule has 1 saturated heterocycles. The second-order valence-corrected chi connectivity index (χ2v) is 4.84. The van der Waals surface area contributed by atoms with Crippen LogP contribution in [0.3, 0.4) is 0 Å². The zero-order valence-corrected chi connectivity index (χ0v) is 9.49. The Labute approximate surface area is 90.8 Å². The van der Waals surface area contributed by atoms with E-state index in [1.165, 1.54) is 0 Å². The molecule has 1 aliphatic heterocycles. The molecule has 0 aromatic carbocycles. The van der Waals surface area contributed by atoms with E-state index in [2.05, 4.69) is 5.92 Å². The summed E-state index contributed by atoms with van der Waals surface area (Å²) in [5, 5.41) is 0. The van der Waals surface area contributed by atoms with E-state index < -0.39 is 5.60 Å². The fourth-order valence-electron chi connectivity index (χ4n) is 1.35. The molecule has 0 aromatic rings. The molecule has 4 heteroatoms. The topological polar surface area (TPSA) is 55.6 Å². The molecule has 0 aliphatic carbocycles. The van der Waals surface area contributed by atoms with Crippen molar-refractivity contribution in [1.82, 2.24) is 4.90 Å². The minimum atomic E-state index is -0.448. The standard InChI is InChI=1S/C11H18N2O2/c1-5-9(12)8-6-13(7-8)10(14)15-11(2,3)4/h1,8-9H,6-7,12H2,2-4H3. The molecule has 0 spiro atoms. The third-order valence-corrected chi connectivity index (χ3v) is 2.26. The van der Waals surface area contributed by atoms with Crippen molar-refractivity contribution in [2.45, 2.75) is 32.4 Å². The first kappa shape index (κ1) is 11.9. The fourth-order valence-corrected chi connectivity index (χ4v) is 1.35. The minimum Gasteiger partial charge on any atom is -0.444 e. The summed E-state index contributed by atoms with van der Waals surface area (Å²) in [6.07, 6.45) is 4.91. The molecular weight excluding hydrogens is 192 g/mol. The summed E-state index contributed by atoms with van der Waals surface area (Å²) < 4.78 is 5.20. The van der Waals surface area contributed by atoms with Gasteiger partial charge in [0.25, 0.3) is 0 Å². The summed E-state index contributed by atoms with van der Waals surface area (Å²) in [5.41, 5.74) is 5.20. The normalized spacial score (nSPS) is 19.0. The molecule has 2 N–H and O–H groups in total. The molecule has 1 aliphatic rings. The van der Waals surface area contributed by atoms with Gasteiger partial charge in [0.1, 0.15) is 5.60 Å². The van der Waals surface area contributed by atoms with Crippen LogP contribution in [0, 0.1) is 18.3 Å². The molecule has 0 bridgehead atoms. The van der Waals surface area contributed by atoms with Crippen LogP contribution in [0.2, 0.25) is 0 Å². The molecule has 84 valence electrons. The summed E-state index contributed by atoms with van der Waals surface area (Å²) in [5.74, 6) is 2.68. The highest BCUT2D eigenvalue weighted by molar-refractivity contribution is 5.69. The van der Waals surface area contributed by atoms with Crippen LogP contribution >= 0.6 is 0 Å².